The molecule has 0 unspecified atom stereocenters. The lowest BCUT2D eigenvalue weighted by atomic mass is 10.2. The molecule has 0 aromatic carbocycles. The lowest BCUT2D eigenvalue weighted by molar-refractivity contribution is 0.0695. The molecule has 2 aromatic heterocycles. The second-order valence-electron chi connectivity index (χ2n) is 4.00. The molecule has 10 heteroatoms. The van der Waals surface area contributed by atoms with Crippen molar-refractivity contribution in [3.05, 3.63) is 36.8 Å². The lowest BCUT2D eigenvalue weighted by Gasteiger charge is -2.03. The highest BCUT2D eigenvalue weighted by Gasteiger charge is 2.21. The number of aromatic carboxylic acids is 1. The first-order valence-electron chi connectivity index (χ1n) is 5.48. The molecule has 0 saturated carbocycles. The quantitative estimate of drug-likeness (QED) is 0.715. The summed E-state index contributed by atoms with van der Waals surface area (Å²) in [7, 11) is -3.72. The zero-order valence-electron chi connectivity index (χ0n) is 10.5. The largest absolute Gasteiger partial charge is 0.478 e. The normalized spacial score (nSPS) is 11.8. The monoisotopic (exact) mass is 457 g/mol. The van der Waals surface area contributed by atoms with Crippen molar-refractivity contribution in [2.45, 2.75) is 18.4 Å². The Balaban J connectivity index is 2.17. The molecule has 114 valence electrons. The third-order valence-corrected chi connectivity index (χ3v) is 6.71. The van der Waals surface area contributed by atoms with Crippen LogP contribution in [0.2, 0.25) is 0 Å². The Morgan fingerprint density at radius 3 is 2.57 bits per heavy atom. The fraction of sp³-hybridized carbons (Fsp3) is 0.182. The molecule has 2 N–H and O–H groups in total. The van der Waals surface area contributed by atoms with E-state index < -0.39 is 16.0 Å². The summed E-state index contributed by atoms with van der Waals surface area (Å²) in [5.74, 6) is -0.648. The summed E-state index contributed by atoms with van der Waals surface area (Å²) in [5.41, 5.74) is 0.0173. The van der Waals surface area contributed by atoms with Gasteiger partial charge in [0.25, 0.3) is 0 Å². The molecule has 0 spiro atoms. The fourth-order valence-electron chi connectivity index (χ4n) is 1.60. The Morgan fingerprint density at radius 1 is 1.43 bits per heavy atom. The molecular weight excluding hydrogens is 450 g/mol. The number of halogens is 2. The standard InChI is InChI=1S/C11H9Br2NO5S2/c1-5-7(11(15)16)2-6(19-5)4-14-21(17,18)8-3-9(12)20-10(8)13/h2-3,14H,4H2,1H3,(H,15,16). The number of carboxylic acid groups (broad SMARTS) is 1. The molecule has 0 saturated heterocycles. The van der Waals surface area contributed by atoms with Crippen molar-refractivity contribution in [3.8, 4) is 0 Å². The SMILES string of the molecule is Cc1oc(CNS(=O)(=O)c2cc(Br)sc2Br)cc1C(=O)O. The first-order chi connectivity index (χ1) is 9.70. The average Bonchev–Trinajstić information content (AvgIpc) is 2.90. The minimum Gasteiger partial charge on any atom is -0.478 e. The molecule has 21 heavy (non-hydrogen) atoms. The van der Waals surface area contributed by atoms with Crippen LogP contribution in [0.1, 0.15) is 21.9 Å². The van der Waals surface area contributed by atoms with Crippen LogP contribution in [0, 0.1) is 6.92 Å². The van der Waals surface area contributed by atoms with Crippen molar-refractivity contribution in [2.24, 2.45) is 0 Å². The maximum Gasteiger partial charge on any atom is 0.339 e. The van der Waals surface area contributed by atoms with E-state index in [1.54, 1.807) is 0 Å². The Labute approximate surface area is 141 Å². The van der Waals surface area contributed by atoms with Crippen LogP contribution in [0.5, 0.6) is 0 Å². The molecule has 2 rings (SSSR count). The molecule has 0 aliphatic rings. The summed E-state index contributed by atoms with van der Waals surface area (Å²) in [6.07, 6.45) is 0. The highest BCUT2D eigenvalue weighted by Crippen LogP contribution is 2.34. The summed E-state index contributed by atoms with van der Waals surface area (Å²) in [6.45, 7) is 1.38. The maximum atomic E-state index is 12.2. The topological polar surface area (TPSA) is 96.6 Å². The molecular formula is C11H9Br2NO5S2. The first kappa shape index (κ1) is 16.7. The summed E-state index contributed by atoms with van der Waals surface area (Å²) >= 11 is 7.64. The van der Waals surface area contributed by atoms with E-state index in [0.29, 0.717) is 7.57 Å². The molecule has 0 atom stereocenters. The van der Waals surface area contributed by atoms with Gasteiger partial charge in [-0.2, -0.15) is 0 Å². The molecule has 2 aromatic rings. The van der Waals surface area contributed by atoms with Crippen molar-refractivity contribution < 1.29 is 22.7 Å². The number of rotatable bonds is 5. The molecule has 2 heterocycles. The first-order valence-corrected chi connectivity index (χ1v) is 9.36. The number of carbonyl (C=O) groups is 1. The van der Waals surface area contributed by atoms with Gasteiger partial charge in [-0.1, -0.05) is 0 Å². The summed E-state index contributed by atoms with van der Waals surface area (Å²) in [6, 6.07) is 2.78. The van der Waals surface area contributed by atoms with Gasteiger partial charge in [0.1, 0.15) is 22.0 Å². The third-order valence-electron chi connectivity index (χ3n) is 2.55. The van der Waals surface area contributed by atoms with Crippen molar-refractivity contribution in [2.75, 3.05) is 0 Å². The van der Waals surface area contributed by atoms with E-state index in [-0.39, 0.29) is 28.5 Å². The van der Waals surface area contributed by atoms with E-state index in [2.05, 4.69) is 36.6 Å². The highest BCUT2D eigenvalue weighted by molar-refractivity contribution is 9.12. The average molecular weight is 459 g/mol. The Kier molecular flexibility index (Phi) is 4.93. The molecule has 0 bridgehead atoms. The number of furan rings is 1. The maximum absolute atomic E-state index is 12.2. The minimum atomic E-state index is -3.72. The van der Waals surface area contributed by atoms with E-state index in [1.807, 2.05) is 0 Å². The van der Waals surface area contributed by atoms with Gasteiger partial charge < -0.3 is 9.52 Å². The van der Waals surface area contributed by atoms with Crippen molar-refractivity contribution in [3.63, 3.8) is 0 Å². The third kappa shape index (κ3) is 3.75. The molecule has 0 radical (unpaired) electrons. The number of aryl methyl sites for hydroxylation is 1. The Morgan fingerprint density at radius 2 is 2.10 bits per heavy atom. The van der Waals surface area contributed by atoms with E-state index >= 15 is 0 Å². The zero-order valence-corrected chi connectivity index (χ0v) is 15.3. The van der Waals surface area contributed by atoms with E-state index in [1.165, 1.54) is 30.4 Å². The smallest absolute Gasteiger partial charge is 0.339 e. The molecule has 0 fully saturated rings. The van der Waals surface area contributed by atoms with E-state index in [0.717, 1.165) is 0 Å². The van der Waals surface area contributed by atoms with Crippen LogP contribution >= 0.6 is 43.2 Å². The molecule has 0 amide bonds. The van der Waals surface area contributed by atoms with Crippen LogP contribution in [0.4, 0.5) is 0 Å². The number of hydrogen-bond donors (Lipinski definition) is 2. The van der Waals surface area contributed by atoms with Gasteiger partial charge in [0, 0.05) is 0 Å². The number of nitrogens with one attached hydrogen (secondary N) is 1. The summed E-state index contributed by atoms with van der Waals surface area (Å²) < 4.78 is 33.0. The van der Waals surface area contributed by atoms with Crippen LogP contribution in [-0.2, 0) is 16.6 Å². The van der Waals surface area contributed by atoms with Crippen LogP contribution < -0.4 is 4.72 Å². The minimum absolute atomic E-state index is 0.0173. The van der Waals surface area contributed by atoms with Gasteiger partial charge in [-0.25, -0.2) is 17.9 Å². The van der Waals surface area contributed by atoms with E-state index in [9.17, 15) is 13.2 Å². The van der Waals surface area contributed by atoms with Gasteiger partial charge in [-0.3, -0.25) is 0 Å². The van der Waals surface area contributed by atoms with Gasteiger partial charge in [-0.15, -0.1) is 11.3 Å². The van der Waals surface area contributed by atoms with Crippen LogP contribution in [0.25, 0.3) is 0 Å². The Bertz CT molecular complexity index is 794. The summed E-state index contributed by atoms with van der Waals surface area (Å²) in [4.78, 5) is 11.0. The van der Waals surface area contributed by atoms with Crippen molar-refractivity contribution >= 4 is 59.2 Å². The number of hydrogen-bond acceptors (Lipinski definition) is 5. The molecule has 0 aliphatic carbocycles. The highest BCUT2D eigenvalue weighted by atomic mass is 79.9. The van der Waals surface area contributed by atoms with Gasteiger partial charge in [0.05, 0.1) is 14.1 Å². The Hall–Kier alpha value is -0.680. The van der Waals surface area contributed by atoms with Crippen molar-refractivity contribution in [1.82, 2.24) is 4.72 Å². The number of carboxylic acids is 1. The van der Waals surface area contributed by atoms with Gasteiger partial charge >= 0.3 is 5.97 Å². The van der Waals surface area contributed by atoms with Crippen molar-refractivity contribution in [1.29, 1.82) is 0 Å². The molecule has 0 aliphatic heterocycles. The van der Waals surface area contributed by atoms with E-state index in [4.69, 9.17) is 9.52 Å². The van der Waals surface area contributed by atoms with Gasteiger partial charge in [0.2, 0.25) is 10.0 Å². The second kappa shape index (κ2) is 6.21. The second-order valence-corrected chi connectivity index (χ2v) is 9.49. The fourth-order valence-corrected chi connectivity index (χ4v) is 6.40. The zero-order chi connectivity index (χ0) is 15.8. The summed E-state index contributed by atoms with van der Waals surface area (Å²) in [5, 5.41) is 8.92. The van der Waals surface area contributed by atoms with Gasteiger partial charge in [0.15, 0.2) is 0 Å². The predicted molar refractivity (Wildman–Crippen MR) is 84.1 cm³/mol. The number of sulfonamides is 1. The molecule has 6 nitrogen and oxygen atoms in total. The van der Waals surface area contributed by atoms with Gasteiger partial charge in [-0.05, 0) is 50.9 Å². The number of thiophene rings is 1. The van der Waals surface area contributed by atoms with Crippen LogP contribution in [0.15, 0.2) is 29.0 Å². The lowest BCUT2D eigenvalue weighted by Crippen LogP contribution is -2.22. The van der Waals surface area contributed by atoms with Crippen LogP contribution in [-0.4, -0.2) is 19.5 Å². The predicted octanol–water partition coefficient (Wildman–Crippen LogP) is 3.35. The van der Waals surface area contributed by atoms with Crippen LogP contribution in [0.3, 0.4) is 0 Å².